The highest BCUT2D eigenvalue weighted by atomic mass is 16.2. The Balaban J connectivity index is 1.54. The number of hydrogen-bond acceptors (Lipinski definition) is 3. The molecule has 134 valence electrons. The summed E-state index contributed by atoms with van der Waals surface area (Å²) < 4.78 is 3.12. The van der Waals surface area contributed by atoms with Gasteiger partial charge in [-0.05, 0) is 32.3 Å². The number of nitrogens with zero attached hydrogens (tertiary/aromatic N) is 4. The fourth-order valence-electron chi connectivity index (χ4n) is 3.35. The van der Waals surface area contributed by atoms with Crippen molar-refractivity contribution in [1.29, 1.82) is 0 Å². The number of rotatable bonds is 3. The first-order valence-electron chi connectivity index (χ1n) is 8.66. The first-order valence-corrected chi connectivity index (χ1v) is 8.66. The molecule has 0 unspecified atom stereocenters. The van der Waals surface area contributed by atoms with Crippen LogP contribution < -0.4 is 11.0 Å². The van der Waals surface area contributed by atoms with Crippen molar-refractivity contribution in [2.24, 2.45) is 7.05 Å². The molecule has 2 heterocycles. The van der Waals surface area contributed by atoms with E-state index in [0.717, 1.165) is 24.2 Å². The normalized spacial score (nSPS) is 15.4. The first kappa shape index (κ1) is 17.3. The summed E-state index contributed by atoms with van der Waals surface area (Å²) in [5.41, 5.74) is 2.21. The summed E-state index contributed by atoms with van der Waals surface area (Å²) in [4.78, 5) is 26.3. The van der Waals surface area contributed by atoms with Gasteiger partial charge in [0.1, 0.15) is 5.82 Å². The van der Waals surface area contributed by atoms with Crippen molar-refractivity contribution < 1.29 is 4.79 Å². The molecule has 0 radical (unpaired) electrons. The summed E-state index contributed by atoms with van der Waals surface area (Å²) in [5, 5.41) is 7.15. The minimum atomic E-state index is -0.0835. The number of hydrogen-bond donors (Lipinski definition) is 1. The Morgan fingerprint density at radius 3 is 2.40 bits per heavy atom. The van der Waals surface area contributed by atoms with Crippen LogP contribution in [0.4, 0.5) is 4.79 Å². The Morgan fingerprint density at radius 2 is 1.84 bits per heavy atom. The van der Waals surface area contributed by atoms with Crippen LogP contribution in [0.25, 0.3) is 0 Å². The van der Waals surface area contributed by atoms with Crippen LogP contribution in [0.15, 0.2) is 29.1 Å². The van der Waals surface area contributed by atoms with Crippen LogP contribution in [0.3, 0.4) is 0 Å². The fraction of sp³-hybridized carbons (Fsp3) is 0.500. The average Bonchev–Trinajstić information content (AvgIpc) is 2.86. The fourth-order valence-corrected chi connectivity index (χ4v) is 3.35. The highest BCUT2D eigenvalue weighted by Crippen LogP contribution is 2.22. The van der Waals surface area contributed by atoms with Gasteiger partial charge in [-0.3, -0.25) is 4.57 Å². The quantitative estimate of drug-likeness (QED) is 0.923. The molecule has 0 bridgehead atoms. The van der Waals surface area contributed by atoms with Gasteiger partial charge in [-0.1, -0.05) is 29.8 Å². The zero-order valence-corrected chi connectivity index (χ0v) is 15.0. The van der Waals surface area contributed by atoms with E-state index in [1.54, 1.807) is 11.6 Å². The Labute approximate surface area is 147 Å². The molecule has 0 saturated carbocycles. The molecule has 7 nitrogen and oxygen atoms in total. The topological polar surface area (TPSA) is 72.2 Å². The summed E-state index contributed by atoms with van der Waals surface area (Å²) in [7, 11) is 1.67. The number of benzene rings is 1. The zero-order chi connectivity index (χ0) is 18.0. The molecule has 1 fully saturated rings. The predicted octanol–water partition coefficient (Wildman–Crippen LogP) is 1.75. The monoisotopic (exact) mass is 343 g/mol. The number of aromatic nitrogens is 3. The van der Waals surface area contributed by atoms with Crippen molar-refractivity contribution >= 4 is 6.03 Å². The Hall–Kier alpha value is -2.57. The van der Waals surface area contributed by atoms with Crippen LogP contribution in [0, 0.1) is 13.8 Å². The third-order valence-corrected chi connectivity index (χ3v) is 4.81. The number of aryl methyl sites for hydroxylation is 3. The largest absolute Gasteiger partial charge is 0.345 e. The van der Waals surface area contributed by atoms with Gasteiger partial charge >= 0.3 is 11.7 Å². The molecule has 7 heteroatoms. The second kappa shape index (κ2) is 7.13. The van der Waals surface area contributed by atoms with Crippen LogP contribution in [-0.2, 0) is 13.6 Å². The zero-order valence-electron chi connectivity index (χ0n) is 15.0. The van der Waals surface area contributed by atoms with E-state index < -0.39 is 0 Å². The van der Waals surface area contributed by atoms with Gasteiger partial charge in [0.2, 0.25) is 0 Å². The molecular weight excluding hydrogens is 318 g/mol. The summed E-state index contributed by atoms with van der Waals surface area (Å²) in [6.45, 7) is 5.71. The van der Waals surface area contributed by atoms with Crippen LogP contribution in [0.5, 0.6) is 0 Å². The number of nitrogens with one attached hydrogen (secondary N) is 1. The number of likely N-dealkylation sites (tertiary alicyclic amines) is 1. The number of carbonyl (C=O) groups is 1. The molecule has 1 N–H and O–H groups in total. The SMILES string of the molecule is Cc1ccc(CNC(=O)N2CCC(n3c(C)nn(C)c3=O)CC2)cc1. The number of piperidine rings is 1. The van der Waals surface area contributed by atoms with E-state index in [-0.39, 0.29) is 17.8 Å². The summed E-state index contributed by atoms with van der Waals surface area (Å²) >= 11 is 0. The van der Waals surface area contributed by atoms with Gasteiger partial charge in [0.25, 0.3) is 0 Å². The van der Waals surface area contributed by atoms with E-state index in [0.29, 0.717) is 19.6 Å². The molecule has 1 saturated heterocycles. The van der Waals surface area contributed by atoms with Crippen LogP contribution in [0.2, 0.25) is 0 Å². The van der Waals surface area contributed by atoms with Crippen molar-refractivity contribution in [3.8, 4) is 0 Å². The maximum absolute atomic E-state index is 12.3. The third kappa shape index (κ3) is 3.75. The van der Waals surface area contributed by atoms with Gasteiger partial charge in [0.05, 0.1) is 0 Å². The van der Waals surface area contributed by atoms with Crippen molar-refractivity contribution in [1.82, 2.24) is 24.6 Å². The molecule has 25 heavy (non-hydrogen) atoms. The molecular formula is C18H25N5O2. The lowest BCUT2D eigenvalue weighted by molar-refractivity contribution is 0.170. The summed E-state index contributed by atoms with van der Waals surface area (Å²) in [6, 6.07) is 8.21. The van der Waals surface area contributed by atoms with E-state index in [9.17, 15) is 9.59 Å². The Morgan fingerprint density at radius 1 is 1.20 bits per heavy atom. The van der Waals surface area contributed by atoms with Crippen LogP contribution in [-0.4, -0.2) is 38.4 Å². The first-order chi connectivity index (χ1) is 12.0. The maximum Gasteiger partial charge on any atom is 0.345 e. The highest BCUT2D eigenvalue weighted by molar-refractivity contribution is 5.74. The molecule has 0 aliphatic carbocycles. The lowest BCUT2D eigenvalue weighted by Gasteiger charge is -2.32. The highest BCUT2D eigenvalue weighted by Gasteiger charge is 2.26. The minimum Gasteiger partial charge on any atom is -0.334 e. The summed E-state index contributed by atoms with van der Waals surface area (Å²) in [6.07, 6.45) is 1.54. The van der Waals surface area contributed by atoms with Gasteiger partial charge in [0, 0.05) is 32.7 Å². The number of amides is 2. The lowest BCUT2D eigenvalue weighted by atomic mass is 10.1. The Kier molecular flexibility index (Phi) is 4.92. The number of carbonyl (C=O) groups excluding carboxylic acids is 1. The third-order valence-electron chi connectivity index (χ3n) is 4.81. The van der Waals surface area contributed by atoms with Crippen molar-refractivity contribution in [3.63, 3.8) is 0 Å². The van der Waals surface area contributed by atoms with Crippen molar-refractivity contribution in [3.05, 3.63) is 51.7 Å². The molecule has 0 atom stereocenters. The van der Waals surface area contributed by atoms with E-state index in [1.807, 2.05) is 43.0 Å². The standard InChI is InChI=1S/C18H25N5O2/c1-13-4-6-15(7-5-13)12-19-17(24)22-10-8-16(9-11-22)23-14(2)20-21(3)18(23)25/h4-7,16H,8-12H2,1-3H3,(H,19,24). The smallest absolute Gasteiger partial charge is 0.334 e. The second-order valence-corrected chi connectivity index (χ2v) is 6.69. The minimum absolute atomic E-state index is 0.0470. The molecule has 1 aliphatic rings. The molecule has 2 amide bonds. The van der Waals surface area contributed by atoms with E-state index >= 15 is 0 Å². The van der Waals surface area contributed by atoms with E-state index in [2.05, 4.69) is 10.4 Å². The molecule has 3 rings (SSSR count). The van der Waals surface area contributed by atoms with Gasteiger partial charge in [-0.2, -0.15) is 5.10 Å². The summed E-state index contributed by atoms with van der Waals surface area (Å²) in [5.74, 6) is 0.731. The van der Waals surface area contributed by atoms with Gasteiger partial charge in [-0.15, -0.1) is 0 Å². The van der Waals surface area contributed by atoms with Crippen LogP contribution in [0.1, 0.15) is 35.8 Å². The predicted molar refractivity (Wildman–Crippen MR) is 95.5 cm³/mol. The van der Waals surface area contributed by atoms with Gasteiger partial charge in [-0.25, -0.2) is 14.3 Å². The number of urea groups is 1. The Bertz CT molecular complexity index is 798. The van der Waals surface area contributed by atoms with Crippen molar-refractivity contribution in [2.75, 3.05) is 13.1 Å². The molecule has 1 aliphatic heterocycles. The maximum atomic E-state index is 12.3. The molecule has 1 aromatic heterocycles. The van der Waals surface area contributed by atoms with Gasteiger partial charge < -0.3 is 10.2 Å². The molecule has 0 spiro atoms. The van der Waals surface area contributed by atoms with E-state index in [1.165, 1.54) is 10.2 Å². The lowest BCUT2D eigenvalue weighted by Crippen LogP contribution is -2.45. The van der Waals surface area contributed by atoms with Crippen molar-refractivity contribution in [2.45, 2.75) is 39.3 Å². The van der Waals surface area contributed by atoms with E-state index in [4.69, 9.17) is 0 Å². The molecule has 2 aromatic rings. The second-order valence-electron chi connectivity index (χ2n) is 6.69. The molecule has 1 aromatic carbocycles. The average molecular weight is 343 g/mol. The van der Waals surface area contributed by atoms with Gasteiger partial charge in [0.15, 0.2) is 0 Å². The van der Waals surface area contributed by atoms with Crippen LogP contribution >= 0.6 is 0 Å².